The Labute approximate surface area is 177 Å². The van der Waals surface area contributed by atoms with E-state index < -0.39 is 6.16 Å². The highest BCUT2D eigenvalue weighted by atomic mass is 16.7. The quantitative estimate of drug-likeness (QED) is 0.758. The van der Waals surface area contributed by atoms with E-state index in [2.05, 4.69) is 17.0 Å². The molecule has 1 N–H and O–H groups in total. The normalized spacial score (nSPS) is 19.4. The van der Waals surface area contributed by atoms with Gasteiger partial charge in [-0.25, -0.2) is 4.79 Å². The molecule has 0 aliphatic carbocycles. The molecule has 4 rings (SSSR count). The Hall–Kier alpha value is -2.86. The molecule has 158 valence electrons. The number of benzene rings is 2. The average molecular weight is 408 g/mol. The van der Waals surface area contributed by atoms with Crippen molar-refractivity contribution in [3.8, 4) is 0 Å². The number of likely N-dealkylation sites (tertiary alicyclic amines) is 1. The molecular formula is C24H28N2O4. The monoisotopic (exact) mass is 408 g/mol. The van der Waals surface area contributed by atoms with Gasteiger partial charge >= 0.3 is 6.16 Å². The molecule has 2 aliphatic heterocycles. The number of rotatable bonds is 5. The van der Waals surface area contributed by atoms with Crippen molar-refractivity contribution in [3.05, 3.63) is 65.2 Å². The molecule has 1 fully saturated rings. The van der Waals surface area contributed by atoms with Crippen molar-refractivity contribution in [3.63, 3.8) is 0 Å². The number of hydrogen-bond acceptors (Lipinski definition) is 4. The summed E-state index contributed by atoms with van der Waals surface area (Å²) in [4.78, 5) is 28.4. The van der Waals surface area contributed by atoms with E-state index in [9.17, 15) is 9.59 Å². The number of carbonyl (C=O) groups is 2. The molecule has 0 bridgehead atoms. The summed E-state index contributed by atoms with van der Waals surface area (Å²) in [7, 11) is 0. The Kier molecular flexibility index (Phi) is 6.33. The molecule has 6 nitrogen and oxygen atoms in total. The Morgan fingerprint density at radius 2 is 1.77 bits per heavy atom. The number of aryl methyl sites for hydroxylation is 2. The van der Waals surface area contributed by atoms with E-state index in [0.717, 1.165) is 62.0 Å². The van der Waals surface area contributed by atoms with Crippen molar-refractivity contribution in [2.45, 2.75) is 38.2 Å². The Morgan fingerprint density at radius 1 is 1.03 bits per heavy atom. The Bertz CT molecular complexity index is 914. The summed E-state index contributed by atoms with van der Waals surface area (Å²) in [5, 5.41) is 8.87. The molecule has 2 aliphatic rings. The zero-order chi connectivity index (χ0) is 20.9. The van der Waals surface area contributed by atoms with Crippen LogP contribution < -0.4 is 4.90 Å². The first-order valence-corrected chi connectivity index (χ1v) is 10.7. The van der Waals surface area contributed by atoms with E-state index in [1.807, 2.05) is 41.3 Å². The van der Waals surface area contributed by atoms with Crippen LogP contribution >= 0.6 is 0 Å². The van der Waals surface area contributed by atoms with E-state index in [-0.39, 0.29) is 12.0 Å². The molecule has 2 aromatic rings. The van der Waals surface area contributed by atoms with E-state index in [1.165, 1.54) is 5.56 Å². The minimum atomic E-state index is -1.21. The Balaban J connectivity index is 1.46. The van der Waals surface area contributed by atoms with E-state index in [1.54, 1.807) is 0 Å². The van der Waals surface area contributed by atoms with Crippen LogP contribution in [0.2, 0.25) is 0 Å². The fraction of sp³-hybridized carbons (Fsp3) is 0.417. The molecule has 0 unspecified atom stereocenters. The van der Waals surface area contributed by atoms with Crippen molar-refractivity contribution in [2.75, 3.05) is 31.1 Å². The first-order chi connectivity index (χ1) is 14.6. The van der Waals surface area contributed by atoms with E-state index in [4.69, 9.17) is 9.84 Å². The van der Waals surface area contributed by atoms with Gasteiger partial charge in [-0.3, -0.25) is 9.69 Å². The third kappa shape index (κ3) is 4.65. The fourth-order valence-corrected chi connectivity index (χ4v) is 4.59. The number of para-hydroxylation sites is 1. The van der Waals surface area contributed by atoms with Gasteiger partial charge in [0, 0.05) is 24.3 Å². The third-order valence-electron chi connectivity index (χ3n) is 6.02. The van der Waals surface area contributed by atoms with Crippen LogP contribution in [0.5, 0.6) is 0 Å². The van der Waals surface area contributed by atoms with E-state index >= 15 is 0 Å². The number of piperidine rings is 1. The highest BCUT2D eigenvalue weighted by Crippen LogP contribution is 2.28. The second-order valence-corrected chi connectivity index (χ2v) is 8.04. The van der Waals surface area contributed by atoms with Crippen LogP contribution in [0.1, 0.15) is 40.7 Å². The first kappa shape index (κ1) is 20.4. The van der Waals surface area contributed by atoms with Crippen LogP contribution in [0.4, 0.5) is 10.5 Å². The van der Waals surface area contributed by atoms with Crippen molar-refractivity contribution in [1.29, 1.82) is 0 Å². The maximum absolute atomic E-state index is 13.4. The van der Waals surface area contributed by atoms with Gasteiger partial charge in [-0.15, -0.1) is 0 Å². The molecule has 2 heterocycles. The summed E-state index contributed by atoms with van der Waals surface area (Å²) >= 11 is 0. The molecule has 30 heavy (non-hydrogen) atoms. The molecule has 1 saturated heterocycles. The summed E-state index contributed by atoms with van der Waals surface area (Å²) in [5.41, 5.74) is 4.10. The van der Waals surface area contributed by atoms with Gasteiger partial charge in [-0.05, 0) is 68.5 Å². The maximum Gasteiger partial charge on any atom is 0.506 e. The standard InChI is InChI=1S/C24H28N2O4/c27-23-21-10-3-1-7-18(21)12-13-19-8-2-4-11-22(19)26(23)16-6-15-25-14-5-9-20(17-25)30-24(28)29/h1-4,7-8,10-11,20H,5-6,9,12-17H2,(H,28,29)/t20-/m1/s1. The smallest absolute Gasteiger partial charge is 0.450 e. The highest BCUT2D eigenvalue weighted by molar-refractivity contribution is 6.07. The number of ether oxygens (including phenoxy) is 1. The van der Waals surface area contributed by atoms with Crippen LogP contribution in [0.3, 0.4) is 0 Å². The van der Waals surface area contributed by atoms with E-state index in [0.29, 0.717) is 13.1 Å². The van der Waals surface area contributed by atoms with Crippen LogP contribution in [-0.4, -0.2) is 54.4 Å². The van der Waals surface area contributed by atoms with Crippen molar-refractivity contribution in [2.24, 2.45) is 0 Å². The number of carbonyl (C=O) groups excluding carboxylic acids is 1. The number of hydrogen-bond donors (Lipinski definition) is 1. The number of anilines is 1. The largest absolute Gasteiger partial charge is 0.506 e. The van der Waals surface area contributed by atoms with Crippen molar-refractivity contribution >= 4 is 17.7 Å². The minimum Gasteiger partial charge on any atom is -0.450 e. The molecule has 0 spiro atoms. The lowest BCUT2D eigenvalue weighted by molar-refractivity contribution is 0.0134. The SMILES string of the molecule is O=C(O)O[C@@H]1CCCN(CCCN2C(=O)c3ccccc3CCc3ccccc32)C1. The van der Waals surface area contributed by atoms with Gasteiger partial charge in [0.25, 0.3) is 5.91 Å². The van der Waals surface area contributed by atoms with Crippen LogP contribution in [0.25, 0.3) is 0 Å². The topological polar surface area (TPSA) is 70.1 Å². The number of amides is 1. The minimum absolute atomic E-state index is 0.0588. The number of fused-ring (bicyclic) bond motifs is 2. The summed E-state index contributed by atoms with van der Waals surface area (Å²) in [6, 6.07) is 16.1. The van der Waals surface area contributed by atoms with Gasteiger partial charge in [0.15, 0.2) is 0 Å². The van der Waals surface area contributed by atoms with Crippen LogP contribution in [-0.2, 0) is 17.6 Å². The lowest BCUT2D eigenvalue weighted by Crippen LogP contribution is -2.42. The van der Waals surface area contributed by atoms with Crippen molar-refractivity contribution < 1.29 is 19.4 Å². The average Bonchev–Trinajstić information content (AvgIpc) is 2.74. The summed E-state index contributed by atoms with van der Waals surface area (Å²) in [6.07, 6.45) is 2.84. The highest BCUT2D eigenvalue weighted by Gasteiger charge is 2.26. The van der Waals surface area contributed by atoms with Gasteiger partial charge in [-0.1, -0.05) is 36.4 Å². The lowest BCUT2D eigenvalue weighted by Gasteiger charge is -2.33. The number of nitrogens with zero attached hydrogens (tertiary/aromatic N) is 2. The third-order valence-corrected chi connectivity index (χ3v) is 6.02. The molecule has 2 aromatic carbocycles. The molecule has 1 atom stereocenters. The first-order valence-electron chi connectivity index (χ1n) is 10.7. The summed E-state index contributed by atoms with van der Waals surface area (Å²) in [6.45, 7) is 3.00. The second kappa shape index (κ2) is 9.30. The molecule has 0 aromatic heterocycles. The molecular weight excluding hydrogens is 380 g/mol. The zero-order valence-corrected chi connectivity index (χ0v) is 17.1. The maximum atomic E-state index is 13.4. The van der Waals surface area contributed by atoms with Gasteiger partial charge in [0.2, 0.25) is 0 Å². The van der Waals surface area contributed by atoms with Crippen LogP contribution in [0.15, 0.2) is 48.5 Å². The predicted molar refractivity (Wildman–Crippen MR) is 115 cm³/mol. The van der Waals surface area contributed by atoms with Crippen LogP contribution in [0, 0.1) is 0 Å². The second-order valence-electron chi connectivity index (χ2n) is 8.04. The zero-order valence-electron chi connectivity index (χ0n) is 17.1. The van der Waals surface area contributed by atoms with Gasteiger partial charge < -0.3 is 14.7 Å². The van der Waals surface area contributed by atoms with Gasteiger partial charge in [0.05, 0.1) is 0 Å². The van der Waals surface area contributed by atoms with Gasteiger partial charge in [-0.2, -0.15) is 0 Å². The molecule has 0 radical (unpaired) electrons. The number of carboxylic acid groups (broad SMARTS) is 1. The Morgan fingerprint density at radius 3 is 2.60 bits per heavy atom. The molecule has 1 amide bonds. The summed E-state index contributed by atoms with van der Waals surface area (Å²) in [5.74, 6) is 0.0588. The predicted octanol–water partition coefficient (Wildman–Crippen LogP) is 3.98. The molecule has 6 heteroatoms. The lowest BCUT2D eigenvalue weighted by atomic mass is 9.95. The fourth-order valence-electron chi connectivity index (χ4n) is 4.59. The summed E-state index contributed by atoms with van der Waals surface area (Å²) < 4.78 is 4.96. The van der Waals surface area contributed by atoms with Crippen molar-refractivity contribution in [1.82, 2.24) is 4.90 Å². The van der Waals surface area contributed by atoms with Gasteiger partial charge in [0.1, 0.15) is 6.10 Å². The molecule has 0 saturated carbocycles.